The highest BCUT2D eigenvalue weighted by Gasteiger charge is 2.10. The van der Waals surface area contributed by atoms with Crippen LogP contribution >= 0.6 is 0 Å². The van der Waals surface area contributed by atoms with E-state index in [4.69, 9.17) is 9.47 Å². The molecule has 6 nitrogen and oxygen atoms in total. The number of rotatable bonds is 6. The topological polar surface area (TPSA) is 77.0 Å². The molecule has 3 rings (SSSR count). The Labute approximate surface area is 168 Å². The van der Waals surface area contributed by atoms with Gasteiger partial charge in [-0.25, -0.2) is 10.2 Å². The van der Waals surface area contributed by atoms with Gasteiger partial charge in [0.1, 0.15) is 11.5 Å². The first-order valence-corrected chi connectivity index (χ1v) is 8.92. The number of hydrazone groups is 1. The zero-order valence-electron chi connectivity index (χ0n) is 16.1. The SMILES string of the molecule is COc1ccc(C(=O)NN=Cc2ccc(OC(=O)c3ccccc3C)cc2)cc1. The molecule has 3 aromatic carbocycles. The maximum atomic E-state index is 12.2. The van der Waals surface area contributed by atoms with Crippen LogP contribution in [0.15, 0.2) is 77.9 Å². The zero-order chi connectivity index (χ0) is 20.6. The van der Waals surface area contributed by atoms with Crippen molar-refractivity contribution in [2.75, 3.05) is 7.11 Å². The Morgan fingerprint density at radius 3 is 2.21 bits per heavy atom. The zero-order valence-corrected chi connectivity index (χ0v) is 16.1. The van der Waals surface area contributed by atoms with Crippen LogP contribution in [0, 0.1) is 6.92 Å². The van der Waals surface area contributed by atoms with Crippen LogP contribution in [0.25, 0.3) is 0 Å². The van der Waals surface area contributed by atoms with Gasteiger partial charge in [0.25, 0.3) is 5.91 Å². The van der Waals surface area contributed by atoms with E-state index >= 15 is 0 Å². The van der Waals surface area contributed by atoms with E-state index in [9.17, 15) is 9.59 Å². The van der Waals surface area contributed by atoms with Crippen LogP contribution in [0.5, 0.6) is 11.5 Å². The van der Waals surface area contributed by atoms with Crippen molar-refractivity contribution in [1.29, 1.82) is 0 Å². The Hall–Kier alpha value is -3.93. The molecule has 0 aliphatic carbocycles. The molecule has 0 aliphatic rings. The number of amides is 1. The summed E-state index contributed by atoms with van der Waals surface area (Å²) < 4.78 is 10.5. The van der Waals surface area contributed by atoms with Crippen molar-refractivity contribution in [2.45, 2.75) is 6.92 Å². The third kappa shape index (κ3) is 5.29. The molecule has 6 heteroatoms. The van der Waals surface area contributed by atoms with Gasteiger partial charge in [-0.15, -0.1) is 0 Å². The highest BCUT2D eigenvalue weighted by Crippen LogP contribution is 2.15. The van der Waals surface area contributed by atoms with Gasteiger partial charge >= 0.3 is 5.97 Å². The number of carbonyl (C=O) groups excluding carboxylic acids is 2. The van der Waals surface area contributed by atoms with Crippen molar-refractivity contribution in [1.82, 2.24) is 5.43 Å². The van der Waals surface area contributed by atoms with E-state index in [0.29, 0.717) is 22.6 Å². The number of benzene rings is 3. The minimum atomic E-state index is -0.406. The van der Waals surface area contributed by atoms with E-state index < -0.39 is 5.97 Å². The van der Waals surface area contributed by atoms with E-state index in [2.05, 4.69) is 10.5 Å². The van der Waals surface area contributed by atoms with Crippen molar-refractivity contribution in [3.63, 3.8) is 0 Å². The van der Waals surface area contributed by atoms with Gasteiger partial charge in [0, 0.05) is 5.56 Å². The molecule has 0 radical (unpaired) electrons. The molecule has 0 aromatic heterocycles. The molecule has 0 bridgehead atoms. The lowest BCUT2D eigenvalue weighted by Gasteiger charge is -2.06. The van der Waals surface area contributed by atoms with Crippen LogP contribution in [-0.4, -0.2) is 25.2 Å². The van der Waals surface area contributed by atoms with E-state index in [1.807, 2.05) is 19.1 Å². The van der Waals surface area contributed by atoms with Crippen molar-refractivity contribution in [2.24, 2.45) is 5.10 Å². The molecule has 1 amide bonds. The molecule has 0 spiro atoms. The number of nitrogens with zero attached hydrogens (tertiary/aromatic N) is 1. The third-order valence-electron chi connectivity index (χ3n) is 4.19. The predicted octanol–water partition coefficient (Wildman–Crippen LogP) is 3.99. The van der Waals surface area contributed by atoms with Crippen LogP contribution < -0.4 is 14.9 Å². The predicted molar refractivity (Wildman–Crippen MR) is 111 cm³/mol. The smallest absolute Gasteiger partial charge is 0.343 e. The Morgan fingerprint density at radius 1 is 0.897 bits per heavy atom. The lowest BCUT2D eigenvalue weighted by Crippen LogP contribution is -2.17. The number of carbonyl (C=O) groups is 2. The molecule has 146 valence electrons. The second kappa shape index (κ2) is 9.32. The molecule has 1 N–H and O–H groups in total. The number of aryl methyl sites for hydroxylation is 1. The quantitative estimate of drug-likeness (QED) is 0.300. The summed E-state index contributed by atoms with van der Waals surface area (Å²) in [5.74, 6) is 0.370. The van der Waals surface area contributed by atoms with Gasteiger partial charge in [-0.3, -0.25) is 4.79 Å². The molecule has 3 aromatic rings. The number of hydrogen-bond donors (Lipinski definition) is 1. The molecule has 0 fully saturated rings. The molecule has 0 aliphatic heterocycles. The maximum Gasteiger partial charge on any atom is 0.343 e. The van der Waals surface area contributed by atoms with Crippen LogP contribution in [0.3, 0.4) is 0 Å². The summed E-state index contributed by atoms with van der Waals surface area (Å²) in [7, 11) is 1.56. The lowest BCUT2D eigenvalue weighted by atomic mass is 10.1. The summed E-state index contributed by atoms with van der Waals surface area (Å²) in [5.41, 5.74) is 5.07. The third-order valence-corrected chi connectivity index (χ3v) is 4.19. The monoisotopic (exact) mass is 388 g/mol. The van der Waals surface area contributed by atoms with Gasteiger partial charge in [0.2, 0.25) is 0 Å². The van der Waals surface area contributed by atoms with Crippen molar-refractivity contribution < 1.29 is 19.1 Å². The number of ether oxygens (including phenoxy) is 2. The summed E-state index contributed by atoms with van der Waals surface area (Å²) in [5, 5.41) is 3.95. The van der Waals surface area contributed by atoms with Crippen molar-refractivity contribution >= 4 is 18.1 Å². The summed E-state index contributed by atoms with van der Waals surface area (Å²) in [6.07, 6.45) is 1.51. The maximum absolute atomic E-state index is 12.2. The van der Waals surface area contributed by atoms with E-state index in [1.54, 1.807) is 67.8 Å². The second-order valence-corrected chi connectivity index (χ2v) is 6.20. The molecule has 29 heavy (non-hydrogen) atoms. The summed E-state index contributed by atoms with van der Waals surface area (Å²) >= 11 is 0. The Morgan fingerprint density at radius 2 is 1.55 bits per heavy atom. The molecular formula is C23H20N2O4. The van der Waals surface area contributed by atoms with Gasteiger partial charge < -0.3 is 9.47 Å². The Balaban J connectivity index is 1.56. The second-order valence-electron chi connectivity index (χ2n) is 6.20. The van der Waals surface area contributed by atoms with Gasteiger partial charge in [-0.05, 0) is 72.6 Å². The molecule has 0 heterocycles. The molecular weight excluding hydrogens is 368 g/mol. The first-order chi connectivity index (χ1) is 14.1. The van der Waals surface area contributed by atoms with Gasteiger partial charge in [-0.2, -0.15) is 5.10 Å². The van der Waals surface area contributed by atoms with Crippen LogP contribution in [-0.2, 0) is 0 Å². The van der Waals surface area contributed by atoms with E-state index in [0.717, 1.165) is 11.1 Å². The number of esters is 1. The summed E-state index contributed by atoms with van der Waals surface area (Å²) in [6.45, 7) is 1.86. The highest BCUT2D eigenvalue weighted by molar-refractivity contribution is 5.95. The molecule has 0 atom stereocenters. The fourth-order valence-corrected chi connectivity index (χ4v) is 2.56. The van der Waals surface area contributed by atoms with Crippen LogP contribution in [0.4, 0.5) is 0 Å². The average molecular weight is 388 g/mol. The van der Waals surface area contributed by atoms with E-state index in [-0.39, 0.29) is 5.91 Å². The Kier molecular flexibility index (Phi) is 6.37. The number of nitrogens with one attached hydrogen (secondary N) is 1. The molecule has 0 saturated carbocycles. The standard InChI is InChI=1S/C23H20N2O4/c1-16-5-3-4-6-21(16)23(27)29-20-11-7-17(8-12-20)15-24-25-22(26)18-9-13-19(28-2)14-10-18/h3-15H,1-2H3,(H,25,26). The minimum Gasteiger partial charge on any atom is -0.497 e. The van der Waals surface area contributed by atoms with E-state index in [1.165, 1.54) is 6.21 Å². The minimum absolute atomic E-state index is 0.326. The molecule has 0 saturated heterocycles. The lowest BCUT2D eigenvalue weighted by molar-refractivity contribution is 0.0733. The first kappa shape index (κ1) is 19.8. The fourth-order valence-electron chi connectivity index (χ4n) is 2.56. The highest BCUT2D eigenvalue weighted by atomic mass is 16.5. The summed E-state index contributed by atoms with van der Waals surface area (Å²) in [4.78, 5) is 24.3. The van der Waals surface area contributed by atoms with Gasteiger partial charge in [0.15, 0.2) is 0 Å². The van der Waals surface area contributed by atoms with Crippen molar-refractivity contribution in [3.8, 4) is 11.5 Å². The van der Waals surface area contributed by atoms with Crippen LogP contribution in [0.2, 0.25) is 0 Å². The largest absolute Gasteiger partial charge is 0.497 e. The normalized spacial score (nSPS) is 10.6. The molecule has 0 unspecified atom stereocenters. The average Bonchev–Trinajstić information content (AvgIpc) is 2.75. The Bertz CT molecular complexity index is 1030. The van der Waals surface area contributed by atoms with Gasteiger partial charge in [0.05, 0.1) is 18.9 Å². The van der Waals surface area contributed by atoms with Gasteiger partial charge in [-0.1, -0.05) is 18.2 Å². The summed E-state index contributed by atoms with van der Waals surface area (Å²) in [6, 6.07) is 20.8. The van der Waals surface area contributed by atoms with Crippen LogP contribution in [0.1, 0.15) is 31.8 Å². The number of hydrogen-bond acceptors (Lipinski definition) is 5. The number of methoxy groups -OCH3 is 1. The van der Waals surface area contributed by atoms with Crippen molar-refractivity contribution in [3.05, 3.63) is 95.1 Å². The first-order valence-electron chi connectivity index (χ1n) is 8.92. The fraction of sp³-hybridized carbons (Fsp3) is 0.0870.